The number of ether oxygens (including phenoxy) is 2. The molecule has 39 heavy (non-hydrogen) atoms. The number of rotatable bonds is 13. The van der Waals surface area contributed by atoms with Gasteiger partial charge in [-0.15, -0.1) is 6.58 Å². The number of nitrogens with zero attached hydrogens (tertiary/aromatic N) is 1. The Bertz CT molecular complexity index is 1310. The predicted molar refractivity (Wildman–Crippen MR) is 156 cm³/mol. The van der Waals surface area contributed by atoms with Crippen molar-refractivity contribution in [2.45, 2.75) is 39.8 Å². The molecule has 0 radical (unpaired) electrons. The average Bonchev–Trinajstić information content (AvgIpc) is 2.92. The number of hydrogen-bond acceptors (Lipinski definition) is 5. The molecule has 0 aliphatic heterocycles. The molecule has 0 aliphatic carbocycles. The third kappa shape index (κ3) is 8.45. The second kappa shape index (κ2) is 14.7. The zero-order valence-electron chi connectivity index (χ0n) is 22.4. The molecule has 2 N–H and O–H groups in total. The van der Waals surface area contributed by atoms with Crippen LogP contribution in [0.15, 0.2) is 84.5 Å². The van der Waals surface area contributed by atoms with Crippen molar-refractivity contribution in [3.63, 3.8) is 0 Å². The molecule has 3 rings (SSSR count). The molecule has 1 atom stereocenters. The number of carbonyl (C=O) groups is 2. The van der Waals surface area contributed by atoms with Crippen molar-refractivity contribution in [1.82, 2.24) is 10.7 Å². The number of hydrazone groups is 1. The van der Waals surface area contributed by atoms with Gasteiger partial charge >= 0.3 is 0 Å². The molecule has 8 heteroatoms. The number of benzene rings is 3. The highest BCUT2D eigenvalue weighted by Gasteiger charge is 2.24. The van der Waals surface area contributed by atoms with Crippen molar-refractivity contribution >= 4 is 29.6 Å². The quantitative estimate of drug-likeness (QED) is 0.157. The highest BCUT2D eigenvalue weighted by Crippen LogP contribution is 2.34. The molecule has 0 heterocycles. The summed E-state index contributed by atoms with van der Waals surface area (Å²) in [5.74, 6) is 0.261. The van der Waals surface area contributed by atoms with Crippen molar-refractivity contribution in [2.24, 2.45) is 11.0 Å². The van der Waals surface area contributed by atoms with E-state index in [1.54, 1.807) is 36.4 Å². The van der Waals surface area contributed by atoms with Gasteiger partial charge in [0.2, 0.25) is 0 Å². The Labute approximate surface area is 234 Å². The van der Waals surface area contributed by atoms with Crippen LogP contribution in [0.5, 0.6) is 11.5 Å². The number of nitrogens with one attached hydrogen (secondary N) is 2. The van der Waals surface area contributed by atoms with Crippen molar-refractivity contribution in [1.29, 1.82) is 0 Å². The summed E-state index contributed by atoms with van der Waals surface area (Å²) >= 11 is 6.30. The van der Waals surface area contributed by atoms with E-state index in [-0.39, 0.29) is 18.4 Å². The van der Waals surface area contributed by atoms with E-state index in [1.807, 2.05) is 57.2 Å². The molecule has 0 saturated carbocycles. The molecule has 1 unspecified atom stereocenters. The van der Waals surface area contributed by atoms with E-state index in [4.69, 9.17) is 21.1 Å². The Hall–Kier alpha value is -4.10. The van der Waals surface area contributed by atoms with Crippen molar-refractivity contribution in [3.8, 4) is 11.5 Å². The Morgan fingerprint density at radius 1 is 1.03 bits per heavy atom. The van der Waals surface area contributed by atoms with Crippen LogP contribution in [0.1, 0.15) is 47.8 Å². The third-order valence-electron chi connectivity index (χ3n) is 5.81. The van der Waals surface area contributed by atoms with Gasteiger partial charge < -0.3 is 14.8 Å². The molecule has 2 amide bonds. The van der Waals surface area contributed by atoms with Gasteiger partial charge in [-0.1, -0.05) is 67.9 Å². The smallest absolute Gasteiger partial charge is 0.262 e. The first-order valence-electron chi connectivity index (χ1n) is 12.8. The molecule has 3 aromatic rings. The minimum Gasteiger partial charge on any atom is -0.490 e. The monoisotopic (exact) mass is 547 g/mol. The largest absolute Gasteiger partial charge is 0.490 e. The van der Waals surface area contributed by atoms with Crippen LogP contribution < -0.4 is 20.2 Å². The summed E-state index contributed by atoms with van der Waals surface area (Å²) < 4.78 is 12.0. The maximum absolute atomic E-state index is 12.9. The number of amides is 2. The molecular formula is C31H34ClN3O4. The molecule has 0 saturated heterocycles. The number of allylic oxidation sites excluding steroid dienone is 1. The topological polar surface area (TPSA) is 89.0 Å². The van der Waals surface area contributed by atoms with E-state index in [9.17, 15) is 9.59 Å². The van der Waals surface area contributed by atoms with Crippen LogP contribution in [0.25, 0.3) is 0 Å². The fourth-order valence-corrected chi connectivity index (χ4v) is 4.04. The zero-order valence-corrected chi connectivity index (χ0v) is 23.2. The van der Waals surface area contributed by atoms with E-state index >= 15 is 0 Å². The van der Waals surface area contributed by atoms with Crippen LogP contribution in [0.2, 0.25) is 5.02 Å². The summed E-state index contributed by atoms with van der Waals surface area (Å²) in [6, 6.07) is 19.2. The minimum absolute atomic E-state index is 0.147. The Balaban J connectivity index is 1.76. The second-order valence-corrected chi connectivity index (χ2v) is 9.52. The van der Waals surface area contributed by atoms with Crippen molar-refractivity contribution in [2.75, 3.05) is 6.61 Å². The van der Waals surface area contributed by atoms with Gasteiger partial charge in [-0.05, 0) is 55.2 Å². The molecular weight excluding hydrogens is 514 g/mol. The van der Waals surface area contributed by atoms with Crippen LogP contribution >= 0.6 is 11.6 Å². The minimum atomic E-state index is -0.759. The van der Waals surface area contributed by atoms with E-state index in [2.05, 4.69) is 22.4 Å². The molecule has 0 fully saturated rings. The first kappa shape index (κ1) is 29.5. The molecule has 0 aliphatic rings. The standard InChI is InChI=1S/C31H34ClN3O4/c1-5-12-24-17-22(18-27(38-6-2)29(24)39-20-25-15-10-11-16-26(25)32)19-33-35-31(37)28(21(3)4)34-30(36)23-13-8-7-9-14-23/h5,7-11,13-19,21,28H,1,6,12,20H2,2-4H3,(H,34,36)(H,35,37). The summed E-state index contributed by atoms with van der Waals surface area (Å²) in [7, 11) is 0. The van der Waals surface area contributed by atoms with Crippen LogP contribution in [0, 0.1) is 5.92 Å². The van der Waals surface area contributed by atoms with E-state index < -0.39 is 11.9 Å². The normalized spacial score (nSPS) is 11.7. The van der Waals surface area contributed by atoms with Crippen LogP contribution in [-0.2, 0) is 17.8 Å². The molecule has 7 nitrogen and oxygen atoms in total. The molecule has 0 aromatic heterocycles. The Morgan fingerprint density at radius 2 is 1.74 bits per heavy atom. The number of hydrogen-bond donors (Lipinski definition) is 2. The lowest BCUT2D eigenvalue weighted by molar-refractivity contribution is -0.123. The van der Waals surface area contributed by atoms with Gasteiger partial charge in [-0.25, -0.2) is 5.43 Å². The number of halogens is 1. The van der Waals surface area contributed by atoms with Gasteiger partial charge in [-0.2, -0.15) is 5.10 Å². The predicted octanol–water partition coefficient (Wildman–Crippen LogP) is 5.95. The summed E-state index contributed by atoms with van der Waals surface area (Å²) in [4.78, 5) is 25.5. The van der Waals surface area contributed by atoms with Gasteiger partial charge in [0.05, 0.1) is 12.8 Å². The lowest BCUT2D eigenvalue weighted by atomic mass is 10.0. The number of carbonyl (C=O) groups excluding carboxylic acids is 2. The Morgan fingerprint density at radius 3 is 2.41 bits per heavy atom. The summed E-state index contributed by atoms with van der Waals surface area (Å²) in [5, 5.41) is 7.56. The van der Waals surface area contributed by atoms with Gasteiger partial charge in [-0.3, -0.25) is 9.59 Å². The van der Waals surface area contributed by atoms with Gasteiger partial charge in [0.25, 0.3) is 11.8 Å². The fourth-order valence-electron chi connectivity index (χ4n) is 3.85. The summed E-state index contributed by atoms with van der Waals surface area (Å²) in [6.07, 6.45) is 3.84. The SMILES string of the molecule is C=CCc1cc(C=NNC(=O)C(NC(=O)c2ccccc2)C(C)C)cc(OCC)c1OCc1ccccc1Cl. The van der Waals surface area contributed by atoms with Gasteiger partial charge in [0, 0.05) is 21.7 Å². The average molecular weight is 548 g/mol. The van der Waals surface area contributed by atoms with Crippen LogP contribution in [0.3, 0.4) is 0 Å². The van der Waals surface area contributed by atoms with E-state index in [1.165, 1.54) is 6.21 Å². The lowest BCUT2D eigenvalue weighted by Gasteiger charge is -2.20. The van der Waals surface area contributed by atoms with Crippen LogP contribution in [-0.4, -0.2) is 30.7 Å². The summed E-state index contributed by atoms with van der Waals surface area (Å²) in [5.41, 5.74) is 5.45. The van der Waals surface area contributed by atoms with E-state index in [0.29, 0.717) is 40.7 Å². The molecule has 204 valence electrons. The Kier molecular flexibility index (Phi) is 11.1. The molecule has 0 bridgehead atoms. The van der Waals surface area contributed by atoms with Crippen LogP contribution in [0.4, 0.5) is 0 Å². The fraction of sp³-hybridized carbons (Fsp3) is 0.258. The molecule has 3 aromatic carbocycles. The highest BCUT2D eigenvalue weighted by atomic mass is 35.5. The zero-order chi connectivity index (χ0) is 28.2. The lowest BCUT2D eigenvalue weighted by Crippen LogP contribution is -2.48. The van der Waals surface area contributed by atoms with Gasteiger partial charge in [0.15, 0.2) is 11.5 Å². The summed E-state index contributed by atoms with van der Waals surface area (Å²) in [6.45, 7) is 10.2. The van der Waals surface area contributed by atoms with Crippen molar-refractivity contribution in [3.05, 3.63) is 107 Å². The second-order valence-electron chi connectivity index (χ2n) is 9.11. The maximum atomic E-state index is 12.9. The third-order valence-corrected chi connectivity index (χ3v) is 6.18. The first-order chi connectivity index (χ1) is 18.8. The van der Waals surface area contributed by atoms with Gasteiger partial charge in [0.1, 0.15) is 12.6 Å². The van der Waals surface area contributed by atoms with Crippen molar-refractivity contribution < 1.29 is 19.1 Å². The maximum Gasteiger partial charge on any atom is 0.262 e. The van der Waals surface area contributed by atoms with E-state index in [0.717, 1.165) is 11.1 Å². The first-order valence-corrected chi connectivity index (χ1v) is 13.2. The highest BCUT2D eigenvalue weighted by molar-refractivity contribution is 6.31. The molecule has 0 spiro atoms.